The molecule has 2 N–H and O–H groups in total. The fraction of sp³-hybridized carbons (Fsp3) is 0.276. The van der Waals surface area contributed by atoms with Crippen LogP contribution in [0.1, 0.15) is 18.5 Å². The molecule has 0 bridgehead atoms. The van der Waals surface area contributed by atoms with Gasteiger partial charge in [0.1, 0.15) is 5.75 Å². The van der Waals surface area contributed by atoms with Crippen LogP contribution in [0.2, 0.25) is 5.02 Å². The Morgan fingerprint density at radius 3 is 2.36 bits per heavy atom. The molecule has 0 fully saturated rings. The average molecular weight is 667 g/mol. The molecular formula is C29H30ClF3N6O5S. The van der Waals surface area contributed by atoms with Gasteiger partial charge in [0.25, 0.3) is 10.0 Å². The second kappa shape index (κ2) is 13.9. The lowest BCUT2D eigenvalue weighted by atomic mass is 10.1. The molecule has 0 saturated carbocycles. The maximum Gasteiger partial charge on any atom is 0.493 e. The molecule has 0 aliphatic heterocycles. The van der Waals surface area contributed by atoms with E-state index in [2.05, 4.69) is 25.4 Å². The molecule has 0 saturated heterocycles. The summed E-state index contributed by atoms with van der Waals surface area (Å²) in [7, 11) is 0.157. The summed E-state index contributed by atoms with van der Waals surface area (Å²) in [5.74, 6) is -3.57. The minimum atomic E-state index is -5.55. The van der Waals surface area contributed by atoms with Crippen molar-refractivity contribution < 1.29 is 36.0 Å². The number of methoxy groups -OCH3 is 1. The first-order chi connectivity index (χ1) is 21.2. The fourth-order valence-electron chi connectivity index (χ4n) is 4.05. The second-order valence-corrected chi connectivity index (χ2v) is 12.2. The Kier molecular flexibility index (Phi) is 10.4. The molecule has 0 amide bonds. The molecule has 1 heterocycles. The summed E-state index contributed by atoms with van der Waals surface area (Å²) in [5.41, 5.74) is 1.02. The van der Waals surface area contributed by atoms with Gasteiger partial charge in [0, 0.05) is 25.2 Å². The number of benzene rings is 3. The number of halogens is 4. The van der Waals surface area contributed by atoms with Crippen molar-refractivity contribution >= 4 is 56.0 Å². The molecule has 1 atom stereocenters. The van der Waals surface area contributed by atoms with E-state index < -0.39 is 32.9 Å². The van der Waals surface area contributed by atoms with Crippen LogP contribution in [0, 0.1) is 0 Å². The summed E-state index contributed by atoms with van der Waals surface area (Å²) in [4.78, 5) is 26.9. The van der Waals surface area contributed by atoms with Gasteiger partial charge in [-0.3, -0.25) is 0 Å². The van der Waals surface area contributed by atoms with E-state index in [0.717, 1.165) is 0 Å². The summed E-state index contributed by atoms with van der Waals surface area (Å²) in [6.45, 7) is 3.09. The van der Waals surface area contributed by atoms with E-state index in [9.17, 15) is 26.4 Å². The molecule has 16 heteroatoms. The van der Waals surface area contributed by atoms with E-state index in [1.165, 1.54) is 43.5 Å². The number of alkyl halides is 3. The number of rotatable bonds is 12. The third-order valence-electron chi connectivity index (χ3n) is 6.43. The van der Waals surface area contributed by atoms with Gasteiger partial charge >= 0.3 is 12.1 Å². The average Bonchev–Trinajstić information content (AvgIpc) is 2.99. The van der Waals surface area contributed by atoms with Crippen molar-refractivity contribution in [3.8, 4) is 5.75 Å². The van der Waals surface area contributed by atoms with E-state index in [1.807, 2.05) is 19.0 Å². The molecule has 4 aromatic rings. The first-order valence-electron chi connectivity index (χ1n) is 13.4. The van der Waals surface area contributed by atoms with Gasteiger partial charge in [0.2, 0.25) is 5.82 Å². The van der Waals surface area contributed by atoms with Gasteiger partial charge in [-0.15, -0.1) is 0 Å². The van der Waals surface area contributed by atoms with Gasteiger partial charge in [-0.25, -0.2) is 14.8 Å². The van der Waals surface area contributed by atoms with Crippen molar-refractivity contribution in [3.63, 3.8) is 0 Å². The molecule has 45 heavy (non-hydrogen) atoms. The second-order valence-electron chi connectivity index (χ2n) is 10.0. The van der Waals surface area contributed by atoms with E-state index in [1.54, 1.807) is 37.3 Å². The minimum absolute atomic E-state index is 0.102. The Bertz CT molecular complexity index is 1790. The lowest BCUT2D eigenvalue weighted by Gasteiger charge is -2.25. The van der Waals surface area contributed by atoms with Gasteiger partial charge in [-0.2, -0.15) is 21.6 Å². The lowest BCUT2D eigenvalue weighted by molar-refractivity contribution is -0.199. The number of hydrogen-bond acceptors (Lipinski definition) is 10. The maximum atomic E-state index is 14.1. The SMILES string of the molecule is COc1ccc(Cl)c(Nc2nc3ccccc3nc2N(OC(=O)C(F)(F)F)S(=O)(=O)c2cccc(C(C)NCCN(C)C)c2)c1. The van der Waals surface area contributed by atoms with Crippen molar-refractivity contribution in [3.05, 3.63) is 77.3 Å². The van der Waals surface area contributed by atoms with E-state index >= 15 is 0 Å². The van der Waals surface area contributed by atoms with E-state index in [0.29, 0.717) is 24.4 Å². The van der Waals surface area contributed by atoms with Crippen molar-refractivity contribution in [2.75, 3.05) is 44.1 Å². The van der Waals surface area contributed by atoms with Crippen LogP contribution in [0.3, 0.4) is 0 Å². The molecule has 240 valence electrons. The molecule has 1 aromatic heterocycles. The highest BCUT2D eigenvalue weighted by atomic mass is 35.5. The van der Waals surface area contributed by atoms with Crippen molar-refractivity contribution in [2.45, 2.75) is 24.0 Å². The zero-order chi connectivity index (χ0) is 32.9. The predicted molar refractivity (Wildman–Crippen MR) is 164 cm³/mol. The summed E-state index contributed by atoms with van der Waals surface area (Å²) >= 11 is 6.34. The monoisotopic (exact) mass is 666 g/mol. The van der Waals surface area contributed by atoms with Crippen molar-refractivity contribution in [1.29, 1.82) is 0 Å². The molecule has 4 rings (SSSR count). The Balaban J connectivity index is 1.88. The number of likely N-dealkylation sites (N-methyl/N-ethyl adjacent to an activating group) is 1. The molecule has 11 nitrogen and oxygen atoms in total. The number of para-hydroxylation sites is 2. The van der Waals surface area contributed by atoms with E-state index in [4.69, 9.17) is 16.3 Å². The number of aromatic nitrogens is 2. The highest BCUT2D eigenvalue weighted by Crippen LogP contribution is 2.36. The van der Waals surface area contributed by atoms with Crippen LogP contribution in [-0.4, -0.2) is 69.7 Å². The van der Waals surface area contributed by atoms with Crippen molar-refractivity contribution in [1.82, 2.24) is 20.2 Å². The molecule has 0 aliphatic rings. The predicted octanol–water partition coefficient (Wildman–Crippen LogP) is 5.46. The number of carbonyl (C=O) groups excluding carboxylic acids is 1. The normalized spacial score (nSPS) is 12.6. The third kappa shape index (κ3) is 8.11. The van der Waals surface area contributed by atoms with Gasteiger partial charge in [-0.1, -0.05) is 40.3 Å². The topological polar surface area (TPSA) is 126 Å². The number of nitrogens with one attached hydrogen (secondary N) is 2. The van der Waals surface area contributed by atoms with Gasteiger partial charge in [-0.05, 0) is 63.0 Å². The first-order valence-corrected chi connectivity index (χ1v) is 15.2. The molecule has 0 spiro atoms. The fourth-order valence-corrected chi connectivity index (χ4v) is 5.46. The first kappa shape index (κ1) is 33.7. The largest absolute Gasteiger partial charge is 0.497 e. The summed E-state index contributed by atoms with van der Waals surface area (Å²) in [6.07, 6.45) is -5.55. The Morgan fingerprint density at radius 1 is 1.02 bits per heavy atom. The number of nitrogens with zero attached hydrogens (tertiary/aromatic N) is 4. The molecule has 0 radical (unpaired) electrons. The molecule has 0 aliphatic carbocycles. The lowest BCUT2D eigenvalue weighted by Crippen LogP contribution is -2.39. The van der Waals surface area contributed by atoms with Crippen LogP contribution in [0.5, 0.6) is 5.75 Å². The maximum absolute atomic E-state index is 14.1. The van der Waals surface area contributed by atoms with Crippen LogP contribution in [-0.2, 0) is 19.7 Å². The van der Waals surface area contributed by atoms with Crippen LogP contribution in [0.25, 0.3) is 11.0 Å². The number of ether oxygens (including phenoxy) is 1. The van der Waals surface area contributed by atoms with Crippen LogP contribution in [0.4, 0.5) is 30.5 Å². The Hall–Kier alpha value is -4.18. The molecular weight excluding hydrogens is 637 g/mol. The molecule has 1 unspecified atom stereocenters. The van der Waals surface area contributed by atoms with Crippen LogP contribution in [0.15, 0.2) is 71.6 Å². The number of carbonyl (C=O) groups is 1. The smallest absolute Gasteiger partial charge is 0.493 e. The van der Waals surface area contributed by atoms with Crippen molar-refractivity contribution in [2.24, 2.45) is 0 Å². The molecule has 3 aromatic carbocycles. The Morgan fingerprint density at radius 2 is 1.71 bits per heavy atom. The van der Waals surface area contributed by atoms with Crippen LogP contribution < -0.4 is 19.8 Å². The number of anilines is 3. The van der Waals surface area contributed by atoms with Gasteiger partial charge in [0.15, 0.2) is 5.82 Å². The number of fused-ring (bicyclic) bond motifs is 1. The number of hydrogen-bond donors (Lipinski definition) is 2. The highest BCUT2D eigenvalue weighted by Gasteiger charge is 2.46. The number of sulfonamides is 1. The van der Waals surface area contributed by atoms with Gasteiger partial charge < -0.3 is 25.1 Å². The zero-order valence-electron chi connectivity index (χ0n) is 24.6. The third-order valence-corrected chi connectivity index (χ3v) is 8.30. The highest BCUT2D eigenvalue weighted by molar-refractivity contribution is 7.92. The summed E-state index contributed by atoms with van der Waals surface area (Å²) in [5, 5.41) is 6.20. The van der Waals surface area contributed by atoms with Crippen LogP contribution >= 0.6 is 11.6 Å². The Labute approximate surface area is 262 Å². The summed E-state index contributed by atoms with van der Waals surface area (Å²) in [6, 6.07) is 15.9. The quantitative estimate of drug-likeness (QED) is 0.188. The zero-order valence-corrected chi connectivity index (χ0v) is 26.2. The standard InChI is InChI=1S/C29H30ClF3N6O5S/c1-18(34-14-15-38(2)3)19-8-7-9-21(16-19)45(41,42)39(44-28(40)29(31,32)33)27-26(35-23-10-5-6-11-24(23)37-27)36-25-17-20(43-4)12-13-22(25)30/h5-13,16-18,34H,14-15H2,1-4H3,(H,35,36). The minimum Gasteiger partial charge on any atom is -0.497 e. The summed E-state index contributed by atoms with van der Waals surface area (Å²) < 4.78 is 73.8. The van der Waals surface area contributed by atoms with E-state index in [-0.39, 0.29) is 38.1 Å². The van der Waals surface area contributed by atoms with Gasteiger partial charge in [0.05, 0.1) is 33.7 Å².